The summed E-state index contributed by atoms with van der Waals surface area (Å²) in [5.41, 5.74) is 0. The van der Waals surface area contributed by atoms with E-state index in [1.54, 1.807) is 42.5 Å². The minimum atomic E-state index is -4.85. The van der Waals surface area contributed by atoms with Crippen LogP contribution >= 0.6 is 7.82 Å². The molecule has 0 aromatic rings. The number of allylic oxidation sites excluding steroid dienone is 9. The van der Waals surface area contributed by atoms with E-state index >= 15 is 0 Å². The maximum atomic E-state index is 12.4. The van der Waals surface area contributed by atoms with Crippen molar-refractivity contribution in [2.45, 2.75) is 135 Å². The second-order valence-electron chi connectivity index (χ2n) is 11.7. The SMILES string of the molecule is CC/C=C\C[C@H](O)/C=C/C=C/C=C\C=C/[C@@H](O)[C@H](O)CCCC(=O)O[C@H](COC(=O)CCCCCCC/C=C\CCCC)COP(=O)(O)O. The molecule has 12 heteroatoms. The van der Waals surface area contributed by atoms with Crippen molar-refractivity contribution in [2.24, 2.45) is 0 Å². The highest BCUT2D eigenvalue weighted by Gasteiger charge is 2.23. The molecule has 280 valence electrons. The van der Waals surface area contributed by atoms with E-state index in [9.17, 15) is 29.5 Å². The summed E-state index contributed by atoms with van der Waals surface area (Å²) in [7, 11) is -4.85. The third-order valence-electron chi connectivity index (χ3n) is 7.05. The highest BCUT2D eigenvalue weighted by Crippen LogP contribution is 2.36. The minimum absolute atomic E-state index is 0.0824. The molecule has 0 aliphatic rings. The van der Waals surface area contributed by atoms with Crippen molar-refractivity contribution in [3.63, 3.8) is 0 Å². The van der Waals surface area contributed by atoms with Gasteiger partial charge >= 0.3 is 19.8 Å². The molecule has 0 saturated carbocycles. The van der Waals surface area contributed by atoms with Crippen molar-refractivity contribution in [1.29, 1.82) is 0 Å². The van der Waals surface area contributed by atoms with Crippen LogP contribution in [0.5, 0.6) is 0 Å². The van der Waals surface area contributed by atoms with E-state index in [4.69, 9.17) is 19.3 Å². The first kappa shape index (κ1) is 46.4. The van der Waals surface area contributed by atoms with Crippen molar-refractivity contribution >= 4 is 19.8 Å². The fourth-order valence-electron chi connectivity index (χ4n) is 4.28. The topological polar surface area (TPSA) is 180 Å². The fraction of sp³-hybridized carbons (Fsp3) is 0.622. The van der Waals surface area contributed by atoms with Crippen molar-refractivity contribution in [1.82, 2.24) is 0 Å². The number of ether oxygens (including phenoxy) is 2. The molecule has 0 rings (SSSR count). The summed E-state index contributed by atoms with van der Waals surface area (Å²) in [6.45, 7) is 3.12. The van der Waals surface area contributed by atoms with E-state index in [0.29, 0.717) is 12.8 Å². The van der Waals surface area contributed by atoms with E-state index in [1.807, 2.05) is 19.1 Å². The van der Waals surface area contributed by atoms with Crippen LogP contribution in [0.2, 0.25) is 0 Å². The molecule has 0 saturated heterocycles. The summed E-state index contributed by atoms with van der Waals surface area (Å²) < 4.78 is 26.0. The number of carbonyl (C=O) groups is 2. The van der Waals surface area contributed by atoms with Gasteiger partial charge < -0.3 is 34.6 Å². The lowest BCUT2D eigenvalue weighted by Gasteiger charge is -2.19. The molecule has 0 radical (unpaired) electrons. The van der Waals surface area contributed by atoms with Crippen LogP contribution in [-0.4, -0.2) is 74.7 Å². The van der Waals surface area contributed by atoms with Gasteiger partial charge in [-0.2, -0.15) is 0 Å². The molecule has 11 nitrogen and oxygen atoms in total. The predicted octanol–water partition coefficient (Wildman–Crippen LogP) is 6.86. The molecule has 0 spiro atoms. The molecule has 5 N–H and O–H groups in total. The van der Waals surface area contributed by atoms with E-state index in [-0.39, 0.29) is 25.7 Å². The molecule has 0 bridgehead atoms. The summed E-state index contributed by atoms with van der Waals surface area (Å²) in [5.74, 6) is -1.24. The van der Waals surface area contributed by atoms with E-state index in [0.717, 1.165) is 44.9 Å². The molecule has 0 aromatic carbocycles. The van der Waals surface area contributed by atoms with Gasteiger partial charge in [-0.25, -0.2) is 4.57 Å². The summed E-state index contributed by atoms with van der Waals surface area (Å²) in [4.78, 5) is 42.6. The van der Waals surface area contributed by atoms with Crippen molar-refractivity contribution in [3.8, 4) is 0 Å². The number of phosphoric ester groups is 1. The Morgan fingerprint density at radius 3 is 1.98 bits per heavy atom. The van der Waals surface area contributed by atoms with Crippen LogP contribution in [-0.2, 0) is 28.2 Å². The van der Waals surface area contributed by atoms with Crippen LogP contribution in [0, 0.1) is 0 Å². The van der Waals surface area contributed by atoms with Gasteiger partial charge in [0.15, 0.2) is 6.10 Å². The van der Waals surface area contributed by atoms with Gasteiger partial charge in [0.1, 0.15) is 6.61 Å². The Bertz CT molecular complexity index is 1070. The first-order chi connectivity index (χ1) is 23.5. The van der Waals surface area contributed by atoms with Gasteiger partial charge in [-0.15, -0.1) is 0 Å². The largest absolute Gasteiger partial charge is 0.469 e. The number of carbonyl (C=O) groups excluding carboxylic acids is 2. The Balaban J connectivity index is 4.43. The number of phosphoric acid groups is 1. The molecule has 49 heavy (non-hydrogen) atoms. The summed E-state index contributed by atoms with van der Waals surface area (Å²) in [5, 5.41) is 30.2. The smallest absolute Gasteiger partial charge is 0.462 e. The second-order valence-corrected chi connectivity index (χ2v) is 12.9. The second kappa shape index (κ2) is 31.4. The number of unbranched alkanes of at least 4 members (excludes halogenated alkanes) is 7. The lowest BCUT2D eigenvalue weighted by molar-refractivity contribution is -0.161. The van der Waals surface area contributed by atoms with Crippen LogP contribution in [0.1, 0.15) is 110 Å². The maximum absolute atomic E-state index is 12.4. The molecule has 4 atom stereocenters. The first-order valence-corrected chi connectivity index (χ1v) is 19.1. The Labute approximate surface area is 293 Å². The third kappa shape index (κ3) is 32.3. The van der Waals surface area contributed by atoms with Crippen LogP contribution in [0.25, 0.3) is 0 Å². The Kier molecular flexibility index (Phi) is 29.7. The highest BCUT2D eigenvalue weighted by atomic mass is 31.2. The fourth-order valence-corrected chi connectivity index (χ4v) is 4.64. The normalized spacial score (nSPS) is 15.3. The van der Waals surface area contributed by atoms with Gasteiger partial charge in [-0.1, -0.05) is 119 Å². The molecule has 0 aliphatic heterocycles. The standard InChI is InChI=1S/C37H61O11P/c1-3-5-7-8-9-10-11-12-13-18-22-28-36(41)46-30-33(31-47-49(43,44)45)48-37(42)29-23-27-35(40)34(39)26-21-17-15-14-16-20-25-32(38)24-19-6-4-2/h6,8-9,14-17,19-21,25-26,32-35,38-40H,3-5,7,10-13,18,22-24,27-31H2,1-2H3,(H2,43,44,45)/b9-8-,16-14+,17-15-,19-6-,25-20+,26-21-/t32-,33+,34+,35+/m0/s1. The molecular weight excluding hydrogens is 651 g/mol. The van der Waals surface area contributed by atoms with Gasteiger partial charge in [0, 0.05) is 12.8 Å². The Morgan fingerprint density at radius 1 is 0.694 bits per heavy atom. The van der Waals surface area contributed by atoms with E-state index in [1.165, 1.54) is 18.9 Å². The van der Waals surface area contributed by atoms with Crippen LogP contribution < -0.4 is 0 Å². The summed E-state index contributed by atoms with van der Waals surface area (Å²) >= 11 is 0. The molecule has 0 fully saturated rings. The summed E-state index contributed by atoms with van der Waals surface area (Å²) in [6.07, 6.45) is 28.7. The zero-order valence-electron chi connectivity index (χ0n) is 29.4. The third-order valence-corrected chi connectivity index (χ3v) is 7.54. The number of rotatable bonds is 30. The zero-order valence-corrected chi connectivity index (χ0v) is 30.3. The van der Waals surface area contributed by atoms with E-state index in [2.05, 4.69) is 23.6 Å². The van der Waals surface area contributed by atoms with Gasteiger partial charge in [0.25, 0.3) is 0 Å². The van der Waals surface area contributed by atoms with Crippen molar-refractivity contribution < 1.29 is 53.3 Å². The average molecular weight is 713 g/mol. The molecule has 0 heterocycles. The van der Waals surface area contributed by atoms with Crippen LogP contribution in [0.3, 0.4) is 0 Å². The quantitative estimate of drug-likeness (QED) is 0.0173. The Morgan fingerprint density at radius 2 is 1.31 bits per heavy atom. The minimum Gasteiger partial charge on any atom is -0.462 e. The lowest BCUT2D eigenvalue weighted by Crippen LogP contribution is -2.29. The van der Waals surface area contributed by atoms with Crippen LogP contribution in [0.4, 0.5) is 0 Å². The van der Waals surface area contributed by atoms with Gasteiger partial charge in [-0.3, -0.25) is 14.1 Å². The number of aliphatic hydroxyl groups excluding tert-OH is 3. The van der Waals surface area contributed by atoms with Gasteiger partial charge in [-0.05, 0) is 51.4 Å². The monoisotopic (exact) mass is 712 g/mol. The summed E-state index contributed by atoms with van der Waals surface area (Å²) in [6, 6.07) is 0. The highest BCUT2D eigenvalue weighted by molar-refractivity contribution is 7.46. The maximum Gasteiger partial charge on any atom is 0.469 e. The van der Waals surface area contributed by atoms with Crippen molar-refractivity contribution in [2.75, 3.05) is 13.2 Å². The number of esters is 2. The van der Waals surface area contributed by atoms with Gasteiger partial charge in [0.05, 0.1) is 24.9 Å². The van der Waals surface area contributed by atoms with Crippen LogP contribution in [0.15, 0.2) is 72.9 Å². The first-order valence-electron chi connectivity index (χ1n) is 17.6. The molecular formula is C37H61O11P. The molecule has 0 aliphatic carbocycles. The number of hydrogen-bond donors (Lipinski definition) is 5. The van der Waals surface area contributed by atoms with Crippen molar-refractivity contribution in [3.05, 3.63) is 72.9 Å². The number of hydrogen-bond acceptors (Lipinski definition) is 9. The molecule has 0 amide bonds. The average Bonchev–Trinajstić information content (AvgIpc) is 3.05. The Hall–Kier alpha value is -2.63. The predicted molar refractivity (Wildman–Crippen MR) is 192 cm³/mol. The number of aliphatic hydroxyl groups is 3. The zero-order chi connectivity index (χ0) is 36.6. The molecule has 0 unspecified atom stereocenters. The lowest BCUT2D eigenvalue weighted by atomic mass is 10.1. The van der Waals surface area contributed by atoms with Gasteiger partial charge in [0.2, 0.25) is 0 Å². The molecule has 0 aromatic heterocycles. The van der Waals surface area contributed by atoms with E-state index < -0.39 is 57.4 Å².